The number of para-hydroxylation sites is 1. The number of amides is 3. The molecule has 3 amide bonds. The second kappa shape index (κ2) is 12.5. The highest BCUT2D eigenvalue weighted by Crippen LogP contribution is 2.29. The van der Waals surface area contributed by atoms with E-state index in [0.717, 1.165) is 0 Å². The Morgan fingerprint density at radius 1 is 0.757 bits per heavy atom. The van der Waals surface area contributed by atoms with Crippen molar-refractivity contribution < 1.29 is 33.4 Å². The first-order valence-electron chi connectivity index (χ1n) is 10.9. The third-order valence-corrected chi connectivity index (χ3v) is 4.77. The molecule has 0 aliphatic carbocycles. The number of anilines is 2. The quantitative estimate of drug-likeness (QED) is 0.141. The fourth-order valence-electron chi connectivity index (χ4n) is 3.06. The normalized spacial score (nSPS) is 10.4. The number of benzene rings is 3. The lowest BCUT2D eigenvalue weighted by Gasteiger charge is -2.11. The zero-order valence-electron chi connectivity index (χ0n) is 20.2. The number of hydrogen-bond acceptors (Lipinski definition) is 8. The molecule has 190 valence electrons. The molecule has 0 bridgehead atoms. The number of carbonyl (C=O) groups excluding carboxylic acids is 4. The maximum atomic E-state index is 12.6. The molecule has 0 fully saturated rings. The van der Waals surface area contributed by atoms with Gasteiger partial charge in [-0.15, -0.1) is 0 Å². The summed E-state index contributed by atoms with van der Waals surface area (Å²) in [7, 11) is 2.86. The van der Waals surface area contributed by atoms with Crippen LogP contribution >= 0.6 is 0 Å². The molecule has 0 saturated carbocycles. The minimum absolute atomic E-state index is 0.170. The summed E-state index contributed by atoms with van der Waals surface area (Å²) in [5.74, 6) is -1.98. The van der Waals surface area contributed by atoms with Crippen LogP contribution in [0.3, 0.4) is 0 Å². The molecule has 11 nitrogen and oxygen atoms in total. The maximum Gasteiger partial charge on any atom is 0.347 e. The molecular formula is C26H24N4O7. The van der Waals surface area contributed by atoms with Gasteiger partial charge >= 0.3 is 17.8 Å². The summed E-state index contributed by atoms with van der Waals surface area (Å²) in [4.78, 5) is 47.8. The van der Waals surface area contributed by atoms with Crippen molar-refractivity contribution in [1.82, 2.24) is 5.43 Å². The standard InChI is InChI=1S/C26H24N4O7/c1-16(31)28-18-9-11-19(12-10-18)29-24(32)25(33)30-27-15-17-8-13-22(23(14-17)36-3)37-26(34)20-6-4-5-7-21(20)35-2/h4-15H,1-3H3,(H,28,31)(H,29,32)(H,30,33)/b27-15+. The largest absolute Gasteiger partial charge is 0.496 e. The number of carbonyl (C=O) groups is 4. The van der Waals surface area contributed by atoms with Crippen LogP contribution in [0, 0.1) is 0 Å². The molecule has 0 radical (unpaired) electrons. The Hall–Kier alpha value is -5.19. The van der Waals surface area contributed by atoms with Crippen molar-refractivity contribution in [3.63, 3.8) is 0 Å². The molecule has 3 aromatic carbocycles. The van der Waals surface area contributed by atoms with Crippen LogP contribution in [-0.4, -0.2) is 44.1 Å². The van der Waals surface area contributed by atoms with Crippen LogP contribution in [0.5, 0.6) is 17.2 Å². The van der Waals surface area contributed by atoms with Gasteiger partial charge in [-0.05, 0) is 60.2 Å². The van der Waals surface area contributed by atoms with Crippen molar-refractivity contribution in [2.45, 2.75) is 6.92 Å². The molecule has 0 atom stereocenters. The summed E-state index contributed by atoms with van der Waals surface area (Å²) < 4.78 is 15.9. The van der Waals surface area contributed by atoms with E-state index in [-0.39, 0.29) is 23.0 Å². The van der Waals surface area contributed by atoms with Gasteiger partial charge in [-0.3, -0.25) is 14.4 Å². The van der Waals surface area contributed by atoms with Crippen molar-refractivity contribution in [2.24, 2.45) is 5.10 Å². The number of methoxy groups -OCH3 is 2. The molecule has 0 aliphatic heterocycles. The first-order valence-corrected chi connectivity index (χ1v) is 10.9. The lowest BCUT2D eigenvalue weighted by atomic mass is 10.2. The number of rotatable bonds is 8. The molecule has 11 heteroatoms. The Bertz CT molecular complexity index is 1340. The van der Waals surface area contributed by atoms with Gasteiger partial charge < -0.3 is 24.8 Å². The van der Waals surface area contributed by atoms with Gasteiger partial charge in [0.2, 0.25) is 5.91 Å². The van der Waals surface area contributed by atoms with Crippen LogP contribution < -0.4 is 30.3 Å². The number of nitrogens with zero attached hydrogens (tertiary/aromatic N) is 1. The fraction of sp³-hybridized carbons (Fsp3) is 0.115. The highest BCUT2D eigenvalue weighted by molar-refractivity contribution is 6.39. The smallest absolute Gasteiger partial charge is 0.347 e. The maximum absolute atomic E-state index is 12.6. The molecule has 0 heterocycles. The highest BCUT2D eigenvalue weighted by Gasteiger charge is 2.17. The first kappa shape index (κ1) is 26.4. The van der Waals surface area contributed by atoms with Crippen molar-refractivity contribution in [2.75, 3.05) is 24.9 Å². The molecule has 0 saturated heterocycles. The summed E-state index contributed by atoms with van der Waals surface area (Å²) in [6.07, 6.45) is 1.29. The molecule has 3 rings (SSSR count). The van der Waals surface area contributed by atoms with E-state index in [2.05, 4.69) is 21.2 Å². The summed E-state index contributed by atoms with van der Waals surface area (Å²) >= 11 is 0. The average Bonchev–Trinajstić information content (AvgIpc) is 2.90. The van der Waals surface area contributed by atoms with Gasteiger partial charge in [0.15, 0.2) is 11.5 Å². The van der Waals surface area contributed by atoms with E-state index in [0.29, 0.717) is 22.7 Å². The number of esters is 1. The predicted octanol–water partition coefficient (Wildman–Crippen LogP) is 2.97. The first-order chi connectivity index (χ1) is 17.8. The lowest BCUT2D eigenvalue weighted by Crippen LogP contribution is -2.32. The molecule has 0 aliphatic rings. The molecule has 37 heavy (non-hydrogen) atoms. The van der Waals surface area contributed by atoms with Gasteiger partial charge in [-0.1, -0.05) is 12.1 Å². The van der Waals surface area contributed by atoms with Gasteiger partial charge in [-0.2, -0.15) is 5.10 Å². The molecular weight excluding hydrogens is 480 g/mol. The van der Waals surface area contributed by atoms with E-state index >= 15 is 0 Å². The second-order valence-corrected chi connectivity index (χ2v) is 7.41. The Kier molecular flexibility index (Phi) is 8.92. The molecule has 3 N–H and O–H groups in total. The Morgan fingerprint density at radius 2 is 1.41 bits per heavy atom. The van der Waals surface area contributed by atoms with Crippen molar-refractivity contribution in [3.05, 3.63) is 77.9 Å². The number of nitrogens with one attached hydrogen (secondary N) is 3. The molecule has 3 aromatic rings. The Labute approximate surface area is 212 Å². The third kappa shape index (κ3) is 7.39. The van der Waals surface area contributed by atoms with Gasteiger partial charge in [-0.25, -0.2) is 10.2 Å². The van der Waals surface area contributed by atoms with Crippen molar-refractivity contribution in [3.8, 4) is 17.2 Å². The summed E-state index contributed by atoms with van der Waals surface area (Å²) in [5, 5.41) is 8.79. The Morgan fingerprint density at radius 3 is 2.05 bits per heavy atom. The van der Waals surface area contributed by atoms with Crippen molar-refractivity contribution in [1.29, 1.82) is 0 Å². The number of hydrogen-bond donors (Lipinski definition) is 3. The van der Waals surface area contributed by atoms with Gasteiger partial charge in [0.25, 0.3) is 0 Å². The fourth-order valence-corrected chi connectivity index (χ4v) is 3.06. The van der Waals surface area contributed by atoms with Crippen LogP contribution in [0.2, 0.25) is 0 Å². The number of ether oxygens (including phenoxy) is 3. The van der Waals surface area contributed by atoms with E-state index < -0.39 is 17.8 Å². The van der Waals surface area contributed by atoms with E-state index in [4.69, 9.17) is 14.2 Å². The summed E-state index contributed by atoms with van der Waals surface area (Å²) in [6, 6.07) is 17.5. The van der Waals surface area contributed by atoms with Crippen LogP contribution in [0.4, 0.5) is 11.4 Å². The zero-order chi connectivity index (χ0) is 26.8. The summed E-state index contributed by atoms with van der Waals surface area (Å²) in [6.45, 7) is 1.38. The molecule has 0 aromatic heterocycles. The van der Waals surface area contributed by atoms with E-state index in [1.807, 2.05) is 0 Å². The topological polar surface area (TPSA) is 144 Å². The van der Waals surface area contributed by atoms with Gasteiger partial charge in [0.1, 0.15) is 11.3 Å². The van der Waals surface area contributed by atoms with E-state index in [1.165, 1.54) is 51.6 Å². The summed E-state index contributed by atoms with van der Waals surface area (Å²) in [5.41, 5.74) is 3.80. The predicted molar refractivity (Wildman–Crippen MR) is 136 cm³/mol. The van der Waals surface area contributed by atoms with Crippen LogP contribution in [-0.2, 0) is 14.4 Å². The minimum Gasteiger partial charge on any atom is -0.496 e. The third-order valence-electron chi connectivity index (χ3n) is 4.77. The molecule has 0 spiro atoms. The van der Waals surface area contributed by atoms with E-state index in [1.54, 1.807) is 42.5 Å². The molecule has 0 unspecified atom stereocenters. The highest BCUT2D eigenvalue weighted by atomic mass is 16.6. The monoisotopic (exact) mass is 504 g/mol. The Balaban J connectivity index is 1.58. The van der Waals surface area contributed by atoms with Crippen molar-refractivity contribution >= 4 is 41.3 Å². The van der Waals surface area contributed by atoms with Gasteiger partial charge in [0, 0.05) is 18.3 Å². The SMILES string of the molecule is COc1cc(/C=N/NC(=O)C(=O)Nc2ccc(NC(C)=O)cc2)ccc1OC(=O)c1ccccc1OC. The minimum atomic E-state index is -0.989. The van der Waals surface area contributed by atoms with Crippen LogP contribution in [0.15, 0.2) is 71.8 Å². The second-order valence-electron chi connectivity index (χ2n) is 7.41. The van der Waals surface area contributed by atoms with Crippen LogP contribution in [0.1, 0.15) is 22.8 Å². The van der Waals surface area contributed by atoms with Crippen LogP contribution in [0.25, 0.3) is 0 Å². The number of hydrazone groups is 1. The van der Waals surface area contributed by atoms with E-state index in [9.17, 15) is 19.2 Å². The zero-order valence-corrected chi connectivity index (χ0v) is 20.2. The average molecular weight is 504 g/mol. The lowest BCUT2D eigenvalue weighted by molar-refractivity contribution is -0.136. The van der Waals surface area contributed by atoms with Gasteiger partial charge in [0.05, 0.1) is 20.4 Å².